The molecule has 0 bridgehead atoms. The van der Waals surface area contributed by atoms with Gasteiger partial charge in [0.25, 0.3) is 0 Å². The van der Waals surface area contributed by atoms with Crippen LogP contribution in [0.25, 0.3) is 0 Å². The Morgan fingerprint density at radius 1 is 1.50 bits per heavy atom. The van der Waals surface area contributed by atoms with Gasteiger partial charge in [0.05, 0.1) is 0 Å². The van der Waals surface area contributed by atoms with Crippen molar-refractivity contribution in [2.24, 2.45) is 0 Å². The van der Waals surface area contributed by atoms with Gasteiger partial charge in [-0.25, -0.2) is 4.79 Å². The van der Waals surface area contributed by atoms with E-state index in [9.17, 15) is 4.79 Å². The zero-order chi connectivity index (χ0) is 13.0. The van der Waals surface area contributed by atoms with Gasteiger partial charge in [0.15, 0.2) is 0 Å². The van der Waals surface area contributed by atoms with Gasteiger partial charge in [0, 0.05) is 24.2 Å². The van der Waals surface area contributed by atoms with Crippen LogP contribution in [0.1, 0.15) is 18.4 Å². The molecule has 1 heterocycles. The van der Waals surface area contributed by atoms with Crippen LogP contribution in [-0.4, -0.2) is 35.2 Å². The van der Waals surface area contributed by atoms with E-state index in [2.05, 4.69) is 10.2 Å². The van der Waals surface area contributed by atoms with Gasteiger partial charge in [0.2, 0.25) is 0 Å². The Kier molecular flexibility index (Phi) is 4.44. The molecular formula is C13H17ClN2O2. The molecule has 1 aliphatic heterocycles. The van der Waals surface area contributed by atoms with Gasteiger partial charge in [0.1, 0.15) is 0 Å². The Balaban J connectivity index is 1.93. The van der Waals surface area contributed by atoms with Gasteiger partial charge in [-0.3, -0.25) is 4.90 Å². The van der Waals surface area contributed by atoms with Crippen LogP contribution < -0.4 is 5.32 Å². The van der Waals surface area contributed by atoms with Crippen molar-refractivity contribution in [3.8, 4) is 0 Å². The van der Waals surface area contributed by atoms with Crippen LogP contribution in [0.2, 0.25) is 5.02 Å². The molecule has 98 valence electrons. The molecule has 4 nitrogen and oxygen atoms in total. The average molecular weight is 269 g/mol. The van der Waals surface area contributed by atoms with Crippen molar-refractivity contribution in [1.82, 2.24) is 10.2 Å². The lowest BCUT2D eigenvalue weighted by atomic mass is 10.0. The molecule has 1 fully saturated rings. The number of halogens is 1. The molecule has 2 rings (SSSR count). The van der Waals surface area contributed by atoms with Crippen molar-refractivity contribution in [1.29, 1.82) is 0 Å². The predicted octanol–water partition coefficient (Wildman–Crippen LogP) is 2.57. The minimum absolute atomic E-state index is 0.0266. The fraction of sp³-hybridized carbons (Fsp3) is 0.462. The van der Waals surface area contributed by atoms with Crippen LogP contribution in [0, 0.1) is 0 Å². The Morgan fingerprint density at radius 2 is 2.28 bits per heavy atom. The van der Waals surface area contributed by atoms with Gasteiger partial charge in [-0.15, -0.1) is 0 Å². The molecule has 5 heteroatoms. The lowest BCUT2D eigenvalue weighted by molar-refractivity contribution is 0.160. The number of hydrogen-bond donors (Lipinski definition) is 2. The summed E-state index contributed by atoms with van der Waals surface area (Å²) in [6, 6.07) is 7.80. The number of nitrogens with zero attached hydrogens (tertiary/aromatic N) is 1. The lowest BCUT2D eigenvalue weighted by Crippen LogP contribution is -2.46. The fourth-order valence-corrected chi connectivity index (χ4v) is 2.55. The summed E-state index contributed by atoms with van der Waals surface area (Å²) in [7, 11) is 0. The van der Waals surface area contributed by atoms with Gasteiger partial charge in [-0.05, 0) is 31.0 Å². The van der Waals surface area contributed by atoms with E-state index >= 15 is 0 Å². The average Bonchev–Trinajstić information content (AvgIpc) is 2.32. The molecule has 1 amide bonds. The second-order valence-electron chi connectivity index (χ2n) is 4.62. The summed E-state index contributed by atoms with van der Waals surface area (Å²) in [5.41, 5.74) is 1.09. The standard InChI is InChI=1S/C13H17ClN2O2/c14-12-6-2-1-4-10(12)8-16-7-3-5-11(9-16)15-13(17)18/h1-2,4,6,11,15H,3,5,7-9H2,(H,17,18)/t11-/m1/s1. The van der Waals surface area contributed by atoms with E-state index in [0.717, 1.165) is 43.1 Å². The number of carbonyl (C=O) groups is 1. The molecule has 1 aliphatic rings. The lowest BCUT2D eigenvalue weighted by Gasteiger charge is -2.32. The molecular weight excluding hydrogens is 252 g/mol. The number of piperidine rings is 1. The zero-order valence-corrected chi connectivity index (χ0v) is 10.9. The highest BCUT2D eigenvalue weighted by atomic mass is 35.5. The summed E-state index contributed by atoms with van der Waals surface area (Å²) in [6.45, 7) is 2.51. The Hall–Kier alpha value is -1.26. The number of amides is 1. The molecule has 0 aliphatic carbocycles. The van der Waals surface area contributed by atoms with Crippen LogP contribution in [0.4, 0.5) is 4.79 Å². The molecule has 1 atom stereocenters. The maximum absolute atomic E-state index is 10.6. The number of carboxylic acid groups (broad SMARTS) is 1. The van der Waals surface area contributed by atoms with Crippen LogP contribution in [0.3, 0.4) is 0 Å². The van der Waals surface area contributed by atoms with Gasteiger partial charge in [-0.1, -0.05) is 29.8 Å². The van der Waals surface area contributed by atoms with E-state index in [1.165, 1.54) is 0 Å². The predicted molar refractivity (Wildman–Crippen MR) is 70.9 cm³/mol. The number of nitrogens with one attached hydrogen (secondary N) is 1. The first-order valence-corrected chi connectivity index (χ1v) is 6.48. The van der Waals surface area contributed by atoms with Crippen molar-refractivity contribution in [3.05, 3.63) is 34.9 Å². The van der Waals surface area contributed by atoms with Crippen molar-refractivity contribution in [2.45, 2.75) is 25.4 Å². The van der Waals surface area contributed by atoms with E-state index in [4.69, 9.17) is 16.7 Å². The molecule has 0 unspecified atom stereocenters. The molecule has 1 saturated heterocycles. The number of likely N-dealkylation sites (tertiary alicyclic amines) is 1. The molecule has 0 aromatic heterocycles. The first-order valence-electron chi connectivity index (χ1n) is 6.10. The van der Waals surface area contributed by atoms with Crippen molar-refractivity contribution in [2.75, 3.05) is 13.1 Å². The second-order valence-corrected chi connectivity index (χ2v) is 5.02. The fourth-order valence-electron chi connectivity index (χ4n) is 2.36. The van der Waals surface area contributed by atoms with E-state index < -0.39 is 6.09 Å². The van der Waals surface area contributed by atoms with Gasteiger partial charge in [-0.2, -0.15) is 0 Å². The Morgan fingerprint density at radius 3 is 3.00 bits per heavy atom. The van der Waals surface area contributed by atoms with Crippen LogP contribution in [0.15, 0.2) is 24.3 Å². The topological polar surface area (TPSA) is 52.6 Å². The number of rotatable bonds is 3. The summed E-state index contributed by atoms with van der Waals surface area (Å²) >= 11 is 6.13. The second kappa shape index (κ2) is 6.07. The SMILES string of the molecule is O=C(O)N[C@@H]1CCCN(Cc2ccccc2Cl)C1. The number of hydrogen-bond acceptors (Lipinski definition) is 2. The highest BCUT2D eigenvalue weighted by Gasteiger charge is 2.21. The van der Waals surface area contributed by atoms with Crippen molar-refractivity contribution in [3.63, 3.8) is 0 Å². The third-order valence-electron chi connectivity index (χ3n) is 3.18. The van der Waals surface area contributed by atoms with Crippen molar-refractivity contribution < 1.29 is 9.90 Å². The summed E-state index contributed by atoms with van der Waals surface area (Å²) in [4.78, 5) is 12.9. The third kappa shape index (κ3) is 3.62. The molecule has 1 aromatic carbocycles. The molecule has 0 radical (unpaired) electrons. The summed E-state index contributed by atoms with van der Waals surface area (Å²) in [6.07, 6.45) is 0.973. The quantitative estimate of drug-likeness (QED) is 0.886. The molecule has 18 heavy (non-hydrogen) atoms. The summed E-state index contributed by atoms with van der Waals surface area (Å²) in [5, 5.41) is 12.1. The van der Waals surface area contributed by atoms with Crippen LogP contribution in [0.5, 0.6) is 0 Å². The number of benzene rings is 1. The maximum atomic E-state index is 10.6. The molecule has 1 aromatic rings. The van der Waals surface area contributed by atoms with Crippen molar-refractivity contribution >= 4 is 17.7 Å². The van der Waals surface area contributed by atoms with Crippen LogP contribution in [-0.2, 0) is 6.54 Å². The first-order chi connectivity index (χ1) is 8.65. The normalized spacial score (nSPS) is 20.6. The molecule has 2 N–H and O–H groups in total. The minimum atomic E-state index is -0.945. The van der Waals surface area contributed by atoms with Gasteiger partial charge < -0.3 is 10.4 Å². The largest absolute Gasteiger partial charge is 0.465 e. The maximum Gasteiger partial charge on any atom is 0.404 e. The van der Waals surface area contributed by atoms with E-state index in [0.29, 0.717) is 0 Å². The van der Waals surface area contributed by atoms with E-state index in [1.807, 2.05) is 24.3 Å². The van der Waals surface area contributed by atoms with E-state index in [-0.39, 0.29) is 6.04 Å². The van der Waals surface area contributed by atoms with Gasteiger partial charge >= 0.3 is 6.09 Å². The third-order valence-corrected chi connectivity index (χ3v) is 3.55. The first kappa shape index (κ1) is 13.2. The Labute approximate surface area is 112 Å². The minimum Gasteiger partial charge on any atom is -0.465 e. The summed E-state index contributed by atoms with van der Waals surface area (Å²) in [5.74, 6) is 0. The highest BCUT2D eigenvalue weighted by Crippen LogP contribution is 2.19. The van der Waals surface area contributed by atoms with E-state index in [1.54, 1.807) is 0 Å². The van der Waals surface area contributed by atoms with Crippen LogP contribution >= 0.6 is 11.6 Å². The smallest absolute Gasteiger partial charge is 0.404 e. The highest BCUT2D eigenvalue weighted by molar-refractivity contribution is 6.31. The summed E-state index contributed by atoms with van der Waals surface area (Å²) < 4.78 is 0. The Bertz CT molecular complexity index is 425. The molecule has 0 saturated carbocycles. The zero-order valence-electron chi connectivity index (χ0n) is 10.1. The molecule has 0 spiro atoms. The monoisotopic (exact) mass is 268 g/mol.